The highest BCUT2D eigenvalue weighted by Gasteiger charge is 2.04. The van der Waals surface area contributed by atoms with E-state index in [2.05, 4.69) is 9.97 Å². The van der Waals surface area contributed by atoms with Crippen molar-refractivity contribution in [1.29, 1.82) is 0 Å². The molecule has 0 aromatic carbocycles. The molecule has 0 atom stereocenters. The fourth-order valence-electron chi connectivity index (χ4n) is 1.00. The van der Waals surface area contributed by atoms with Crippen LogP contribution in [0.15, 0.2) is 35.1 Å². The van der Waals surface area contributed by atoms with E-state index in [1.807, 2.05) is 6.07 Å². The Bertz CT molecular complexity index is 384. The van der Waals surface area contributed by atoms with Crippen LogP contribution in [-0.2, 0) is 6.61 Å². The van der Waals surface area contributed by atoms with Crippen molar-refractivity contribution in [3.05, 3.63) is 36.5 Å². The first-order valence-corrected chi connectivity index (χ1v) is 3.86. The maximum absolute atomic E-state index is 8.75. The number of aliphatic hydroxyl groups excluding tert-OH is 1. The number of pyridine rings is 1. The first-order valence-electron chi connectivity index (χ1n) is 3.86. The van der Waals surface area contributed by atoms with Gasteiger partial charge in [-0.3, -0.25) is 4.98 Å². The number of hydrogen-bond acceptors (Lipinski definition) is 4. The number of oxazole rings is 1. The summed E-state index contributed by atoms with van der Waals surface area (Å²) in [6.07, 6.45) is 4.84. The van der Waals surface area contributed by atoms with Gasteiger partial charge in [-0.1, -0.05) is 0 Å². The highest BCUT2D eigenvalue weighted by molar-refractivity contribution is 5.50. The third kappa shape index (κ3) is 1.57. The van der Waals surface area contributed by atoms with E-state index in [0.29, 0.717) is 11.7 Å². The van der Waals surface area contributed by atoms with Crippen LogP contribution in [0.1, 0.15) is 5.76 Å². The number of aliphatic hydroxyl groups is 1. The molecule has 4 nitrogen and oxygen atoms in total. The largest absolute Gasteiger partial charge is 0.439 e. The Balaban J connectivity index is 2.36. The summed E-state index contributed by atoms with van der Waals surface area (Å²) in [5.74, 6) is 0.941. The molecule has 0 saturated heterocycles. The van der Waals surface area contributed by atoms with Crippen molar-refractivity contribution in [3.63, 3.8) is 0 Å². The SMILES string of the molecule is OCc1cnc(-c2cccnc2)o1. The molecule has 2 heterocycles. The summed E-state index contributed by atoms with van der Waals surface area (Å²) in [7, 11) is 0. The monoisotopic (exact) mass is 176 g/mol. The van der Waals surface area contributed by atoms with Gasteiger partial charge in [-0.15, -0.1) is 0 Å². The van der Waals surface area contributed by atoms with E-state index in [9.17, 15) is 0 Å². The highest BCUT2D eigenvalue weighted by Crippen LogP contribution is 2.17. The van der Waals surface area contributed by atoms with Crippen LogP contribution in [0.4, 0.5) is 0 Å². The molecule has 0 fully saturated rings. The third-order valence-electron chi connectivity index (χ3n) is 1.62. The van der Waals surface area contributed by atoms with Gasteiger partial charge in [0.15, 0.2) is 0 Å². The molecular weight excluding hydrogens is 168 g/mol. The Morgan fingerprint density at radius 1 is 1.38 bits per heavy atom. The fraction of sp³-hybridized carbons (Fsp3) is 0.111. The molecule has 4 heteroatoms. The summed E-state index contributed by atoms with van der Waals surface area (Å²) < 4.78 is 5.22. The number of aromatic nitrogens is 2. The van der Waals surface area contributed by atoms with Crippen LogP contribution in [0.5, 0.6) is 0 Å². The van der Waals surface area contributed by atoms with Crippen LogP contribution in [0.3, 0.4) is 0 Å². The lowest BCUT2D eigenvalue weighted by atomic mass is 10.3. The molecule has 0 aliphatic carbocycles. The molecule has 66 valence electrons. The minimum atomic E-state index is -0.132. The minimum Gasteiger partial charge on any atom is -0.439 e. The Kier molecular flexibility index (Phi) is 2.06. The first kappa shape index (κ1) is 7.94. The third-order valence-corrected chi connectivity index (χ3v) is 1.62. The second kappa shape index (κ2) is 3.37. The molecule has 1 N–H and O–H groups in total. The standard InChI is InChI=1S/C9H8N2O2/c12-6-8-5-11-9(13-8)7-2-1-3-10-4-7/h1-5,12H,6H2. The normalized spacial score (nSPS) is 10.2. The van der Waals surface area contributed by atoms with Gasteiger partial charge in [0, 0.05) is 12.4 Å². The van der Waals surface area contributed by atoms with E-state index in [4.69, 9.17) is 9.52 Å². The van der Waals surface area contributed by atoms with Gasteiger partial charge in [0.25, 0.3) is 0 Å². The first-order chi connectivity index (χ1) is 6.40. The van der Waals surface area contributed by atoms with Crippen molar-refractivity contribution in [3.8, 4) is 11.5 Å². The molecule has 0 aliphatic rings. The molecule has 2 rings (SSSR count). The lowest BCUT2D eigenvalue weighted by Gasteiger charge is -1.91. The summed E-state index contributed by atoms with van der Waals surface area (Å²) in [5, 5.41) is 8.75. The van der Waals surface area contributed by atoms with Crippen LogP contribution in [0.2, 0.25) is 0 Å². The second-order valence-corrected chi connectivity index (χ2v) is 2.53. The smallest absolute Gasteiger partial charge is 0.227 e. The minimum absolute atomic E-state index is 0.132. The predicted octanol–water partition coefficient (Wildman–Crippen LogP) is 1.23. The molecule has 0 bridgehead atoms. The average Bonchev–Trinajstić information content (AvgIpc) is 2.67. The molecule has 0 amide bonds. The van der Waals surface area contributed by atoms with Crippen LogP contribution in [0.25, 0.3) is 11.5 Å². The van der Waals surface area contributed by atoms with E-state index >= 15 is 0 Å². The molecule has 0 radical (unpaired) electrons. The fourth-order valence-corrected chi connectivity index (χ4v) is 1.00. The van der Waals surface area contributed by atoms with E-state index in [0.717, 1.165) is 5.56 Å². The molecule has 2 aromatic rings. The van der Waals surface area contributed by atoms with Gasteiger partial charge < -0.3 is 9.52 Å². The Labute approximate surface area is 74.9 Å². The van der Waals surface area contributed by atoms with Crippen molar-refractivity contribution < 1.29 is 9.52 Å². The van der Waals surface area contributed by atoms with E-state index in [1.165, 1.54) is 6.20 Å². The summed E-state index contributed by atoms with van der Waals surface area (Å²) in [6.45, 7) is -0.132. The lowest BCUT2D eigenvalue weighted by molar-refractivity contribution is 0.248. The second-order valence-electron chi connectivity index (χ2n) is 2.53. The Morgan fingerprint density at radius 3 is 2.92 bits per heavy atom. The molecule has 0 saturated carbocycles. The zero-order chi connectivity index (χ0) is 9.10. The lowest BCUT2D eigenvalue weighted by Crippen LogP contribution is -1.77. The molecule has 2 aromatic heterocycles. The maximum Gasteiger partial charge on any atom is 0.227 e. The zero-order valence-electron chi connectivity index (χ0n) is 6.84. The summed E-state index contributed by atoms with van der Waals surface area (Å²) in [6, 6.07) is 3.65. The van der Waals surface area contributed by atoms with Gasteiger partial charge in [-0.2, -0.15) is 0 Å². The predicted molar refractivity (Wildman–Crippen MR) is 45.7 cm³/mol. The van der Waals surface area contributed by atoms with Gasteiger partial charge >= 0.3 is 0 Å². The summed E-state index contributed by atoms with van der Waals surface area (Å²) >= 11 is 0. The van der Waals surface area contributed by atoms with E-state index < -0.39 is 0 Å². The van der Waals surface area contributed by atoms with Crippen molar-refractivity contribution in [2.75, 3.05) is 0 Å². The number of hydrogen-bond donors (Lipinski definition) is 1. The molecule has 13 heavy (non-hydrogen) atoms. The van der Waals surface area contributed by atoms with Crippen LogP contribution in [-0.4, -0.2) is 15.1 Å². The summed E-state index contributed by atoms with van der Waals surface area (Å²) in [5.41, 5.74) is 0.808. The van der Waals surface area contributed by atoms with Crippen molar-refractivity contribution in [2.45, 2.75) is 6.61 Å². The van der Waals surface area contributed by atoms with Crippen LogP contribution >= 0.6 is 0 Å². The molecule has 0 unspecified atom stereocenters. The zero-order valence-corrected chi connectivity index (χ0v) is 6.84. The van der Waals surface area contributed by atoms with Crippen molar-refractivity contribution in [1.82, 2.24) is 9.97 Å². The number of nitrogens with zero attached hydrogens (tertiary/aromatic N) is 2. The maximum atomic E-state index is 8.75. The summed E-state index contributed by atoms with van der Waals surface area (Å²) in [4.78, 5) is 7.92. The van der Waals surface area contributed by atoms with E-state index in [-0.39, 0.29) is 6.61 Å². The van der Waals surface area contributed by atoms with Crippen molar-refractivity contribution in [2.24, 2.45) is 0 Å². The van der Waals surface area contributed by atoms with Gasteiger partial charge in [0.05, 0.1) is 11.8 Å². The molecule has 0 aliphatic heterocycles. The quantitative estimate of drug-likeness (QED) is 0.747. The molecule has 0 spiro atoms. The Hall–Kier alpha value is -1.68. The van der Waals surface area contributed by atoms with Gasteiger partial charge in [0.1, 0.15) is 12.4 Å². The Morgan fingerprint density at radius 2 is 2.31 bits per heavy atom. The van der Waals surface area contributed by atoms with Gasteiger partial charge in [-0.25, -0.2) is 4.98 Å². The van der Waals surface area contributed by atoms with Crippen LogP contribution < -0.4 is 0 Å². The van der Waals surface area contributed by atoms with Crippen LogP contribution in [0, 0.1) is 0 Å². The topological polar surface area (TPSA) is 59.2 Å². The van der Waals surface area contributed by atoms with E-state index in [1.54, 1.807) is 18.5 Å². The highest BCUT2D eigenvalue weighted by atomic mass is 16.4. The van der Waals surface area contributed by atoms with Crippen molar-refractivity contribution >= 4 is 0 Å². The average molecular weight is 176 g/mol. The van der Waals surface area contributed by atoms with Gasteiger partial charge in [0.2, 0.25) is 5.89 Å². The van der Waals surface area contributed by atoms with Gasteiger partial charge in [-0.05, 0) is 12.1 Å². The number of rotatable bonds is 2. The molecular formula is C9H8N2O2.